The van der Waals surface area contributed by atoms with Gasteiger partial charge in [0.25, 0.3) is 5.96 Å². The predicted octanol–water partition coefficient (Wildman–Crippen LogP) is -1.55. The number of hydrogen-bond donors (Lipinski definition) is 3. The summed E-state index contributed by atoms with van der Waals surface area (Å²) in [5, 5.41) is 11.7. The highest BCUT2D eigenvalue weighted by atomic mass is 16.7. The van der Waals surface area contributed by atoms with Gasteiger partial charge in [0.15, 0.2) is 0 Å². The fourth-order valence-electron chi connectivity index (χ4n) is 0.344. The van der Waals surface area contributed by atoms with Gasteiger partial charge in [-0.1, -0.05) is 0 Å². The van der Waals surface area contributed by atoms with E-state index in [1.165, 1.54) is 5.01 Å². The second kappa shape index (κ2) is 3.62. The third-order valence-electron chi connectivity index (χ3n) is 0.531. The van der Waals surface area contributed by atoms with Crippen LogP contribution in [0.15, 0.2) is 5.10 Å². The zero-order valence-electron chi connectivity index (χ0n) is 5.77. The smallest absolute Gasteiger partial charge is 0.363 e. The van der Waals surface area contributed by atoms with Crippen molar-refractivity contribution in [1.82, 2.24) is 10.4 Å². The molecule has 0 bridgehead atoms. The summed E-state index contributed by atoms with van der Waals surface area (Å²) in [6, 6.07) is 0. The van der Waals surface area contributed by atoms with Crippen molar-refractivity contribution in [3.63, 3.8) is 0 Å². The Morgan fingerprint density at radius 2 is 2.30 bits per heavy atom. The van der Waals surface area contributed by atoms with Crippen LogP contribution in [0, 0.1) is 4.91 Å². The summed E-state index contributed by atoms with van der Waals surface area (Å²) in [4.78, 5) is 9.78. The number of nitrogens with one attached hydrogen (secondary N) is 1. The van der Waals surface area contributed by atoms with Crippen LogP contribution in [0.1, 0.15) is 0 Å². The van der Waals surface area contributed by atoms with Crippen LogP contribution in [-0.2, 0) is 0 Å². The summed E-state index contributed by atoms with van der Waals surface area (Å²) >= 11 is 0. The van der Waals surface area contributed by atoms with E-state index < -0.39 is 5.03 Å². The van der Waals surface area contributed by atoms with Crippen molar-refractivity contribution < 1.29 is 10.2 Å². The van der Waals surface area contributed by atoms with E-state index >= 15 is 0 Å². The topological polar surface area (TPSA) is 94.0 Å². The summed E-state index contributed by atoms with van der Waals surface area (Å²) in [7, 11) is 3.32. The Balaban J connectivity index is 3.83. The first-order valence-electron chi connectivity index (χ1n) is 2.46. The van der Waals surface area contributed by atoms with Gasteiger partial charge >= 0.3 is 5.03 Å². The minimum absolute atomic E-state index is 0.178. The number of nitrogens with zero attached hydrogens (tertiary/aromatic N) is 3. The van der Waals surface area contributed by atoms with Crippen LogP contribution in [-0.4, -0.2) is 35.3 Å². The Hall–Kier alpha value is -1.37. The molecule has 0 aliphatic heterocycles. The highest BCUT2D eigenvalue weighted by molar-refractivity contribution is 5.76. The Morgan fingerprint density at radius 1 is 1.80 bits per heavy atom. The second-order valence-electron chi connectivity index (χ2n) is 1.74. The molecule has 10 heavy (non-hydrogen) atoms. The van der Waals surface area contributed by atoms with Crippen molar-refractivity contribution in [2.24, 2.45) is 10.8 Å². The SMILES string of the molecule is CN(C)N/C(N)=N/[N+](=O)O. The van der Waals surface area contributed by atoms with Crippen LogP contribution in [0.2, 0.25) is 0 Å². The van der Waals surface area contributed by atoms with Gasteiger partial charge in [-0.25, -0.2) is 10.2 Å². The van der Waals surface area contributed by atoms with Crippen LogP contribution < -0.4 is 11.2 Å². The van der Waals surface area contributed by atoms with Gasteiger partial charge < -0.3 is 5.73 Å². The zero-order chi connectivity index (χ0) is 8.15. The molecule has 0 radical (unpaired) electrons. The molecule has 0 fully saturated rings. The van der Waals surface area contributed by atoms with Gasteiger partial charge in [-0.3, -0.25) is 5.43 Å². The van der Waals surface area contributed by atoms with Gasteiger partial charge in [-0.15, -0.1) is 0 Å². The van der Waals surface area contributed by atoms with Crippen molar-refractivity contribution in [1.29, 1.82) is 0 Å². The van der Waals surface area contributed by atoms with Gasteiger partial charge in [0.05, 0.1) is 0 Å². The molecule has 0 aliphatic carbocycles. The first kappa shape index (κ1) is 8.63. The van der Waals surface area contributed by atoms with Crippen LogP contribution in [0.4, 0.5) is 0 Å². The summed E-state index contributed by atoms with van der Waals surface area (Å²) in [5.41, 5.74) is 7.50. The van der Waals surface area contributed by atoms with Crippen molar-refractivity contribution in [2.75, 3.05) is 14.1 Å². The monoisotopic (exact) mass is 148 g/mol. The van der Waals surface area contributed by atoms with Crippen LogP contribution in [0.25, 0.3) is 0 Å². The van der Waals surface area contributed by atoms with Gasteiger partial charge in [-0.05, 0) is 0 Å². The standard InChI is InChI=1S/C3H10N5O2/c1-7(2)5-3(4)6-8(9)10/h1-2H3,(H,9,10)(H3,4,5,6)/q+1. The molecular weight excluding hydrogens is 138 g/mol. The average molecular weight is 148 g/mol. The molecule has 0 amide bonds. The Bertz CT molecular complexity index is 153. The molecule has 0 rings (SSSR count). The first-order valence-corrected chi connectivity index (χ1v) is 2.46. The summed E-state index contributed by atoms with van der Waals surface area (Å²) in [5.74, 6) is -0.178. The lowest BCUT2D eigenvalue weighted by Gasteiger charge is -2.08. The fourth-order valence-corrected chi connectivity index (χ4v) is 0.344. The molecule has 0 heterocycles. The molecule has 0 aromatic rings. The first-order chi connectivity index (χ1) is 4.52. The highest BCUT2D eigenvalue weighted by Crippen LogP contribution is 1.67. The van der Waals surface area contributed by atoms with Crippen LogP contribution in [0.3, 0.4) is 0 Å². The third-order valence-corrected chi connectivity index (χ3v) is 0.531. The number of hydrogen-bond acceptors (Lipinski definition) is 2. The normalized spacial score (nSPS) is 11.7. The molecule has 7 nitrogen and oxygen atoms in total. The largest absolute Gasteiger partial charge is 0.391 e. The van der Waals surface area contributed by atoms with Crippen molar-refractivity contribution >= 4 is 5.96 Å². The maximum absolute atomic E-state index is 9.78. The molecule has 7 heteroatoms. The molecule has 0 aliphatic rings. The van der Waals surface area contributed by atoms with E-state index in [9.17, 15) is 4.91 Å². The summed E-state index contributed by atoms with van der Waals surface area (Å²) in [6.45, 7) is 0. The molecule has 0 atom stereocenters. The van der Waals surface area contributed by atoms with Gasteiger partial charge in [0, 0.05) is 14.1 Å². The fraction of sp³-hybridized carbons (Fsp3) is 0.667. The lowest BCUT2D eigenvalue weighted by Crippen LogP contribution is -2.41. The predicted molar refractivity (Wildman–Crippen MR) is 33.9 cm³/mol. The van der Waals surface area contributed by atoms with Gasteiger partial charge in [-0.2, -0.15) is 0 Å². The Kier molecular flexibility index (Phi) is 3.12. The van der Waals surface area contributed by atoms with E-state index in [0.29, 0.717) is 0 Å². The number of guanidine groups is 1. The zero-order valence-corrected chi connectivity index (χ0v) is 5.77. The minimum Gasteiger partial charge on any atom is -0.363 e. The minimum atomic E-state index is -0.619. The molecule has 0 unspecified atom stereocenters. The summed E-state index contributed by atoms with van der Waals surface area (Å²) in [6.07, 6.45) is 0. The van der Waals surface area contributed by atoms with Crippen molar-refractivity contribution in [3.05, 3.63) is 4.91 Å². The van der Waals surface area contributed by atoms with E-state index in [2.05, 4.69) is 10.5 Å². The van der Waals surface area contributed by atoms with E-state index in [0.717, 1.165) is 0 Å². The van der Waals surface area contributed by atoms with E-state index in [-0.39, 0.29) is 5.96 Å². The quantitative estimate of drug-likeness (QED) is 0.250. The van der Waals surface area contributed by atoms with Crippen LogP contribution in [0.5, 0.6) is 0 Å². The molecule has 0 saturated heterocycles. The van der Waals surface area contributed by atoms with Gasteiger partial charge in [0.1, 0.15) is 10.0 Å². The molecule has 4 N–H and O–H groups in total. The summed E-state index contributed by atoms with van der Waals surface area (Å²) < 4.78 is 0. The molecule has 0 aromatic carbocycles. The lowest BCUT2D eigenvalue weighted by atomic mass is 11.0. The second-order valence-corrected chi connectivity index (χ2v) is 1.74. The van der Waals surface area contributed by atoms with E-state index in [1.807, 2.05) is 0 Å². The number of rotatable bonds is 2. The molecule has 0 spiro atoms. The number of hydrazine groups is 1. The lowest BCUT2D eigenvalue weighted by molar-refractivity contribution is -0.796. The molecule has 58 valence electrons. The Morgan fingerprint density at radius 3 is 2.60 bits per heavy atom. The Labute approximate surface area is 57.6 Å². The number of nitrogens with two attached hydrogens (primary N) is 1. The van der Waals surface area contributed by atoms with E-state index in [4.69, 9.17) is 10.9 Å². The maximum atomic E-state index is 9.78. The van der Waals surface area contributed by atoms with Crippen molar-refractivity contribution in [2.45, 2.75) is 0 Å². The molecule has 0 aromatic heterocycles. The van der Waals surface area contributed by atoms with Gasteiger partial charge in [0.2, 0.25) is 0 Å². The van der Waals surface area contributed by atoms with Crippen molar-refractivity contribution in [3.8, 4) is 0 Å². The highest BCUT2D eigenvalue weighted by Gasteiger charge is 2.02. The van der Waals surface area contributed by atoms with Crippen LogP contribution >= 0.6 is 0 Å². The molecular formula is C3H10N5O2+. The molecule has 0 saturated carbocycles. The third kappa shape index (κ3) is 4.78. The van der Waals surface area contributed by atoms with E-state index in [1.54, 1.807) is 14.1 Å². The number of hydrazone groups is 1. The average Bonchev–Trinajstić information content (AvgIpc) is 1.58. The maximum Gasteiger partial charge on any atom is 0.391 e.